The Morgan fingerprint density at radius 1 is 0.895 bits per heavy atom. The lowest BCUT2D eigenvalue weighted by molar-refractivity contribution is 0.120. The van der Waals surface area contributed by atoms with E-state index in [1.807, 2.05) is 42.5 Å². The van der Waals surface area contributed by atoms with Crippen LogP contribution in [0.3, 0.4) is 0 Å². The highest BCUT2D eigenvalue weighted by atomic mass is 16.5. The predicted octanol–water partition coefficient (Wildman–Crippen LogP) is 3.89. The Balaban J connectivity index is 1.76. The first kappa shape index (κ1) is 12.2. The molecule has 0 unspecified atom stereocenters. The summed E-state index contributed by atoms with van der Waals surface area (Å²) in [6.45, 7) is 0.242. The van der Waals surface area contributed by atoms with Crippen molar-refractivity contribution >= 4 is 0 Å². The zero-order valence-corrected chi connectivity index (χ0v) is 10.9. The van der Waals surface area contributed by atoms with Crippen molar-refractivity contribution in [1.82, 2.24) is 0 Å². The number of hydrogen-bond donors (Lipinski definition) is 1. The molecule has 0 atom stereocenters. The number of para-hydroxylation sites is 1. The topological polar surface area (TPSA) is 29.5 Å². The Kier molecular flexibility index (Phi) is 3.26. The SMILES string of the molecule is OCC1(c2ccc(Oc3ccccc3)cc2)CCC1. The monoisotopic (exact) mass is 254 g/mol. The van der Waals surface area contributed by atoms with Gasteiger partial charge in [-0.25, -0.2) is 0 Å². The van der Waals surface area contributed by atoms with Crippen molar-refractivity contribution in [3.63, 3.8) is 0 Å². The van der Waals surface area contributed by atoms with Gasteiger partial charge in [0, 0.05) is 5.41 Å². The summed E-state index contributed by atoms with van der Waals surface area (Å²) in [7, 11) is 0. The van der Waals surface area contributed by atoms with Gasteiger partial charge in [-0.2, -0.15) is 0 Å². The molecule has 0 aliphatic heterocycles. The van der Waals surface area contributed by atoms with Crippen molar-refractivity contribution < 1.29 is 9.84 Å². The van der Waals surface area contributed by atoms with E-state index in [2.05, 4.69) is 12.1 Å². The number of rotatable bonds is 4. The largest absolute Gasteiger partial charge is 0.457 e. The first-order valence-electron chi connectivity index (χ1n) is 6.77. The first-order chi connectivity index (χ1) is 9.32. The van der Waals surface area contributed by atoms with E-state index in [1.54, 1.807) is 0 Å². The zero-order chi connectivity index (χ0) is 13.1. The minimum Gasteiger partial charge on any atom is -0.457 e. The fourth-order valence-electron chi connectivity index (χ4n) is 2.64. The van der Waals surface area contributed by atoms with Gasteiger partial charge < -0.3 is 9.84 Å². The van der Waals surface area contributed by atoms with Crippen molar-refractivity contribution in [2.24, 2.45) is 0 Å². The number of aliphatic hydroxyl groups is 1. The van der Waals surface area contributed by atoms with Crippen molar-refractivity contribution in [3.05, 3.63) is 60.2 Å². The molecule has 2 aromatic rings. The molecule has 3 rings (SSSR count). The molecule has 0 bridgehead atoms. The molecule has 0 amide bonds. The summed E-state index contributed by atoms with van der Waals surface area (Å²) < 4.78 is 5.77. The Morgan fingerprint density at radius 2 is 1.53 bits per heavy atom. The lowest BCUT2D eigenvalue weighted by Gasteiger charge is -2.40. The summed E-state index contributed by atoms with van der Waals surface area (Å²) in [5.41, 5.74) is 1.23. The minimum absolute atomic E-state index is 0.00524. The molecule has 0 spiro atoms. The second-order valence-corrected chi connectivity index (χ2v) is 5.23. The van der Waals surface area contributed by atoms with Crippen molar-refractivity contribution in [1.29, 1.82) is 0 Å². The molecule has 1 saturated carbocycles. The van der Waals surface area contributed by atoms with Gasteiger partial charge in [0.1, 0.15) is 11.5 Å². The quantitative estimate of drug-likeness (QED) is 0.896. The molecule has 1 N–H and O–H groups in total. The molecular weight excluding hydrogens is 236 g/mol. The van der Waals surface area contributed by atoms with Crippen LogP contribution in [0.2, 0.25) is 0 Å². The second kappa shape index (κ2) is 5.06. The second-order valence-electron chi connectivity index (χ2n) is 5.23. The van der Waals surface area contributed by atoms with Crippen LogP contribution in [-0.4, -0.2) is 11.7 Å². The Hall–Kier alpha value is -1.80. The van der Waals surface area contributed by atoms with E-state index in [4.69, 9.17) is 4.74 Å². The standard InChI is InChI=1S/C17H18O2/c18-13-17(11-4-12-17)14-7-9-16(10-8-14)19-15-5-2-1-3-6-15/h1-3,5-10,18H,4,11-13H2. The van der Waals surface area contributed by atoms with Gasteiger partial charge in [0.05, 0.1) is 6.61 Å². The third-order valence-electron chi connectivity index (χ3n) is 4.06. The molecule has 0 aromatic heterocycles. The summed E-state index contributed by atoms with van der Waals surface area (Å²) in [6.07, 6.45) is 3.38. The third-order valence-corrected chi connectivity index (χ3v) is 4.06. The smallest absolute Gasteiger partial charge is 0.127 e. The van der Waals surface area contributed by atoms with Crippen LogP contribution in [0.15, 0.2) is 54.6 Å². The number of aliphatic hydroxyl groups excluding tert-OH is 1. The molecular formula is C17H18O2. The number of ether oxygens (including phenoxy) is 1. The van der Waals surface area contributed by atoms with Gasteiger partial charge >= 0.3 is 0 Å². The fourth-order valence-corrected chi connectivity index (χ4v) is 2.64. The molecule has 2 heteroatoms. The molecule has 1 fully saturated rings. The van der Waals surface area contributed by atoms with Crippen LogP contribution in [0.4, 0.5) is 0 Å². The van der Waals surface area contributed by atoms with Crippen LogP contribution in [0, 0.1) is 0 Å². The van der Waals surface area contributed by atoms with E-state index in [0.717, 1.165) is 24.3 Å². The van der Waals surface area contributed by atoms with E-state index in [9.17, 15) is 5.11 Å². The van der Waals surface area contributed by atoms with E-state index in [-0.39, 0.29) is 12.0 Å². The van der Waals surface area contributed by atoms with E-state index >= 15 is 0 Å². The van der Waals surface area contributed by atoms with Crippen LogP contribution in [-0.2, 0) is 5.41 Å². The molecule has 2 nitrogen and oxygen atoms in total. The highest BCUT2D eigenvalue weighted by Gasteiger charge is 2.37. The van der Waals surface area contributed by atoms with E-state index < -0.39 is 0 Å². The Labute approximate surface area is 113 Å². The normalized spacial score (nSPS) is 16.7. The number of hydrogen-bond acceptors (Lipinski definition) is 2. The molecule has 19 heavy (non-hydrogen) atoms. The van der Waals surface area contributed by atoms with E-state index in [0.29, 0.717) is 0 Å². The van der Waals surface area contributed by atoms with Gasteiger partial charge in [-0.3, -0.25) is 0 Å². The maximum absolute atomic E-state index is 9.56. The maximum Gasteiger partial charge on any atom is 0.127 e. The summed E-state index contributed by atoms with van der Waals surface area (Å²) in [4.78, 5) is 0. The molecule has 1 aliphatic rings. The molecule has 98 valence electrons. The third kappa shape index (κ3) is 2.36. The minimum atomic E-state index is 0.00524. The van der Waals surface area contributed by atoms with Crippen molar-refractivity contribution in [2.45, 2.75) is 24.7 Å². The highest BCUT2D eigenvalue weighted by Crippen LogP contribution is 2.43. The van der Waals surface area contributed by atoms with Crippen LogP contribution >= 0.6 is 0 Å². The lowest BCUT2D eigenvalue weighted by Crippen LogP contribution is -2.37. The van der Waals surface area contributed by atoms with Crippen molar-refractivity contribution in [3.8, 4) is 11.5 Å². The van der Waals surface area contributed by atoms with Gasteiger partial charge in [-0.05, 0) is 42.7 Å². The van der Waals surface area contributed by atoms with Gasteiger partial charge in [0.15, 0.2) is 0 Å². The summed E-state index contributed by atoms with van der Waals surface area (Å²) in [6, 6.07) is 17.9. The fraction of sp³-hybridized carbons (Fsp3) is 0.294. The Bertz CT molecular complexity index is 521. The zero-order valence-electron chi connectivity index (χ0n) is 10.9. The average molecular weight is 254 g/mol. The first-order valence-corrected chi connectivity index (χ1v) is 6.77. The van der Waals surface area contributed by atoms with Gasteiger partial charge in [-0.1, -0.05) is 36.8 Å². The summed E-state index contributed by atoms with van der Waals surface area (Å²) in [5, 5.41) is 9.56. The molecule has 2 aromatic carbocycles. The average Bonchev–Trinajstić information content (AvgIpc) is 2.41. The predicted molar refractivity (Wildman–Crippen MR) is 75.6 cm³/mol. The lowest BCUT2D eigenvalue weighted by atomic mass is 9.65. The molecule has 0 radical (unpaired) electrons. The molecule has 0 heterocycles. The Morgan fingerprint density at radius 3 is 2.05 bits per heavy atom. The molecule has 1 aliphatic carbocycles. The van der Waals surface area contributed by atoms with Gasteiger partial charge in [0.2, 0.25) is 0 Å². The maximum atomic E-state index is 9.56. The van der Waals surface area contributed by atoms with Crippen LogP contribution in [0.1, 0.15) is 24.8 Å². The van der Waals surface area contributed by atoms with Crippen LogP contribution < -0.4 is 4.74 Å². The van der Waals surface area contributed by atoms with Gasteiger partial charge in [-0.15, -0.1) is 0 Å². The van der Waals surface area contributed by atoms with Gasteiger partial charge in [0.25, 0.3) is 0 Å². The van der Waals surface area contributed by atoms with Crippen molar-refractivity contribution in [2.75, 3.05) is 6.61 Å². The summed E-state index contributed by atoms with van der Waals surface area (Å²) >= 11 is 0. The molecule has 0 saturated heterocycles. The highest BCUT2D eigenvalue weighted by molar-refractivity contribution is 5.36. The van der Waals surface area contributed by atoms with E-state index in [1.165, 1.54) is 12.0 Å². The summed E-state index contributed by atoms with van der Waals surface area (Å²) in [5.74, 6) is 1.68. The number of benzene rings is 2. The van der Waals surface area contributed by atoms with Crippen LogP contribution in [0.25, 0.3) is 0 Å². The van der Waals surface area contributed by atoms with Crippen LogP contribution in [0.5, 0.6) is 11.5 Å².